The van der Waals surface area contributed by atoms with Gasteiger partial charge in [-0.05, 0) is 49.1 Å². The minimum atomic E-state index is -0.299. The lowest BCUT2D eigenvalue weighted by atomic mass is 9.83. The van der Waals surface area contributed by atoms with Crippen LogP contribution in [0, 0.1) is 17.7 Å². The summed E-state index contributed by atoms with van der Waals surface area (Å²) in [6, 6.07) is 5.61. The number of aromatic amines is 1. The van der Waals surface area contributed by atoms with Gasteiger partial charge in [0.25, 0.3) is 0 Å². The molecule has 2 aromatic heterocycles. The highest BCUT2D eigenvalue weighted by atomic mass is 32.2. The van der Waals surface area contributed by atoms with Gasteiger partial charge in [0.2, 0.25) is 5.95 Å². The minimum absolute atomic E-state index is 0.299. The van der Waals surface area contributed by atoms with Gasteiger partial charge in [-0.1, -0.05) is 19.8 Å². The number of H-pyrrole nitrogens is 1. The van der Waals surface area contributed by atoms with E-state index in [4.69, 9.17) is 0 Å². The maximum atomic E-state index is 15.2. The Hall–Kier alpha value is -2.08. The predicted octanol–water partition coefficient (Wildman–Crippen LogP) is 5.72. The number of nitrogens with zero attached hydrogens (tertiary/aromatic N) is 2. The van der Waals surface area contributed by atoms with Crippen molar-refractivity contribution in [3.05, 3.63) is 36.4 Å². The second-order valence-electron chi connectivity index (χ2n) is 7.49. The second kappa shape index (κ2) is 7.89. The van der Waals surface area contributed by atoms with Crippen LogP contribution in [0.1, 0.15) is 32.6 Å². The van der Waals surface area contributed by atoms with Crippen molar-refractivity contribution in [2.45, 2.75) is 37.5 Å². The maximum Gasteiger partial charge on any atom is 0.201 e. The molecule has 0 amide bonds. The fraction of sp³-hybridized carbons (Fsp3) is 0.429. The van der Waals surface area contributed by atoms with Crippen LogP contribution < -0.4 is 5.32 Å². The maximum absolute atomic E-state index is 15.2. The second-order valence-corrected chi connectivity index (χ2v) is 8.34. The Bertz CT molecular complexity index is 931. The molecule has 0 atom stereocenters. The fourth-order valence-corrected chi connectivity index (χ4v) is 4.45. The van der Waals surface area contributed by atoms with Crippen molar-refractivity contribution < 1.29 is 4.39 Å². The lowest BCUT2D eigenvalue weighted by molar-refractivity contribution is 0.300. The van der Waals surface area contributed by atoms with Crippen LogP contribution in [0.2, 0.25) is 0 Å². The predicted molar refractivity (Wildman–Crippen MR) is 111 cm³/mol. The van der Waals surface area contributed by atoms with Gasteiger partial charge in [0.05, 0.1) is 5.52 Å². The molecule has 4 nitrogen and oxygen atoms in total. The summed E-state index contributed by atoms with van der Waals surface area (Å²) in [6.45, 7) is 3.22. The first kappa shape index (κ1) is 18.3. The summed E-state index contributed by atoms with van der Waals surface area (Å²) in [5.74, 6) is 1.87. The van der Waals surface area contributed by atoms with E-state index >= 15 is 4.39 Å². The SMILES string of the molecule is CSc1ccncc1-c1ccc2[nH]c(NCC3CCC(C)CC3)nc2c1F. The first-order valence-corrected chi connectivity index (χ1v) is 10.8. The van der Waals surface area contributed by atoms with Gasteiger partial charge < -0.3 is 10.3 Å². The third kappa shape index (κ3) is 3.81. The number of hydrogen-bond acceptors (Lipinski definition) is 4. The summed E-state index contributed by atoms with van der Waals surface area (Å²) in [4.78, 5) is 12.9. The molecule has 142 valence electrons. The number of nitrogens with one attached hydrogen (secondary N) is 2. The number of thioether (sulfide) groups is 1. The number of pyridine rings is 1. The summed E-state index contributed by atoms with van der Waals surface area (Å²) in [6.07, 6.45) is 10.5. The first-order chi connectivity index (χ1) is 13.2. The van der Waals surface area contributed by atoms with Gasteiger partial charge in [0.1, 0.15) is 5.52 Å². The molecule has 27 heavy (non-hydrogen) atoms. The van der Waals surface area contributed by atoms with Gasteiger partial charge in [0, 0.05) is 35.0 Å². The number of hydrogen-bond donors (Lipinski definition) is 2. The van der Waals surface area contributed by atoms with Gasteiger partial charge in [-0.2, -0.15) is 0 Å². The van der Waals surface area contributed by atoms with E-state index in [0.29, 0.717) is 28.5 Å². The lowest BCUT2D eigenvalue weighted by Gasteiger charge is -2.26. The van der Waals surface area contributed by atoms with Gasteiger partial charge in [-0.3, -0.25) is 4.98 Å². The van der Waals surface area contributed by atoms with Crippen LogP contribution in [0.15, 0.2) is 35.5 Å². The van der Waals surface area contributed by atoms with Crippen LogP contribution in [0.5, 0.6) is 0 Å². The lowest BCUT2D eigenvalue weighted by Crippen LogP contribution is -2.20. The molecule has 0 saturated heterocycles. The van der Waals surface area contributed by atoms with Crippen LogP contribution in [-0.2, 0) is 0 Å². The Morgan fingerprint density at radius 3 is 2.78 bits per heavy atom. The van der Waals surface area contributed by atoms with E-state index in [1.54, 1.807) is 30.2 Å². The van der Waals surface area contributed by atoms with Crippen LogP contribution >= 0.6 is 11.8 Å². The molecule has 2 N–H and O–H groups in total. The molecular formula is C21H25FN4S. The number of anilines is 1. The quantitative estimate of drug-likeness (QED) is 0.552. The molecule has 4 rings (SSSR count). The Morgan fingerprint density at radius 2 is 2.00 bits per heavy atom. The molecule has 1 fully saturated rings. The zero-order valence-corrected chi connectivity index (χ0v) is 16.6. The largest absolute Gasteiger partial charge is 0.356 e. The van der Waals surface area contributed by atoms with Gasteiger partial charge in [-0.15, -0.1) is 11.8 Å². The van der Waals surface area contributed by atoms with E-state index in [-0.39, 0.29) is 5.82 Å². The van der Waals surface area contributed by atoms with E-state index in [1.165, 1.54) is 25.7 Å². The van der Waals surface area contributed by atoms with Crippen molar-refractivity contribution >= 4 is 28.7 Å². The standard InChI is InChI=1S/C21H25FN4S/c1-13-3-5-14(6-4-13)11-24-21-25-17-8-7-15(19(22)20(17)26-21)16-12-23-10-9-18(16)27-2/h7-10,12-14H,3-6,11H2,1-2H3,(H2,24,25,26). The minimum Gasteiger partial charge on any atom is -0.356 e. The molecule has 1 aromatic carbocycles. The highest BCUT2D eigenvalue weighted by molar-refractivity contribution is 7.98. The van der Waals surface area contributed by atoms with Crippen LogP contribution in [0.25, 0.3) is 22.2 Å². The van der Waals surface area contributed by atoms with Crippen molar-refractivity contribution in [3.8, 4) is 11.1 Å². The van der Waals surface area contributed by atoms with Crippen molar-refractivity contribution in [3.63, 3.8) is 0 Å². The van der Waals surface area contributed by atoms with E-state index < -0.39 is 0 Å². The number of halogens is 1. The van der Waals surface area contributed by atoms with E-state index in [1.807, 2.05) is 18.4 Å². The van der Waals surface area contributed by atoms with E-state index in [0.717, 1.165) is 22.9 Å². The monoisotopic (exact) mass is 384 g/mol. The summed E-state index contributed by atoms with van der Waals surface area (Å²) >= 11 is 1.59. The van der Waals surface area contributed by atoms with Crippen LogP contribution in [0.4, 0.5) is 10.3 Å². The Morgan fingerprint density at radius 1 is 1.19 bits per heavy atom. The van der Waals surface area contributed by atoms with E-state index in [9.17, 15) is 0 Å². The average Bonchev–Trinajstić information content (AvgIpc) is 3.12. The smallest absolute Gasteiger partial charge is 0.201 e. The van der Waals surface area contributed by atoms with Crippen molar-refractivity contribution in [2.24, 2.45) is 11.8 Å². The Kier molecular flexibility index (Phi) is 5.34. The average molecular weight is 385 g/mol. The zero-order valence-electron chi connectivity index (χ0n) is 15.8. The van der Waals surface area contributed by atoms with Crippen molar-refractivity contribution in [1.29, 1.82) is 0 Å². The summed E-state index contributed by atoms with van der Waals surface area (Å²) in [5, 5.41) is 3.38. The molecule has 0 radical (unpaired) electrons. The molecule has 3 aromatic rings. The van der Waals surface area contributed by atoms with E-state index in [2.05, 4.69) is 27.2 Å². The normalized spacial score (nSPS) is 20.1. The van der Waals surface area contributed by atoms with Gasteiger partial charge in [0.15, 0.2) is 5.82 Å². The molecule has 1 saturated carbocycles. The summed E-state index contributed by atoms with van der Waals surface area (Å²) in [5.41, 5.74) is 2.44. The molecule has 0 aliphatic heterocycles. The zero-order chi connectivity index (χ0) is 18.8. The van der Waals surface area contributed by atoms with Crippen LogP contribution in [-0.4, -0.2) is 27.8 Å². The molecule has 0 bridgehead atoms. The number of imidazole rings is 1. The summed E-state index contributed by atoms with van der Waals surface area (Å²) < 4.78 is 15.2. The highest BCUT2D eigenvalue weighted by Crippen LogP contribution is 2.34. The number of rotatable bonds is 5. The molecule has 6 heteroatoms. The van der Waals surface area contributed by atoms with Crippen molar-refractivity contribution in [1.82, 2.24) is 15.0 Å². The molecule has 0 unspecified atom stereocenters. The van der Waals surface area contributed by atoms with Gasteiger partial charge in [-0.25, -0.2) is 9.37 Å². The Labute approximate surface area is 163 Å². The summed E-state index contributed by atoms with van der Waals surface area (Å²) in [7, 11) is 0. The number of benzene rings is 1. The number of aromatic nitrogens is 3. The topological polar surface area (TPSA) is 53.6 Å². The third-order valence-corrected chi connectivity index (χ3v) is 6.37. The van der Waals surface area contributed by atoms with Gasteiger partial charge >= 0.3 is 0 Å². The first-order valence-electron chi connectivity index (χ1n) is 9.56. The molecule has 0 spiro atoms. The fourth-order valence-electron chi connectivity index (χ4n) is 3.87. The molecule has 1 aliphatic rings. The number of fused-ring (bicyclic) bond motifs is 1. The molecule has 1 aliphatic carbocycles. The third-order valence-electron chi connectivity index (χ3n) is 5.58. The Balaban J connectivity index is 1.57. The van der Waals surface area contributed by atoms with Crippen molar-refractivity contribution in [2.75, 3.05) is 18.1 Å². The van der Waals surface area contributed by atoms with Crippen LogP contribution in [0.3, 0.4) is 0 Å². The molecular weight excluding hydrogens is 359 g/mol. The molecule has 2 heterocycles. The highest BCUT2D eigenvalue weighted by Gasteiger charge is 2.19.